The van der Waals surface area contributed by atoms with Crippen molar-refractivity contribution >= 4 is 27.5 Å². The van der Waals surface area contributed by atoms with E-state index in [4.69, 9.17) is 16.7 Å². The molecule has 2 unspecified atom stereocenters. The van der Waals surface area contributed by atoms with Crippen LogP contribution in [0.1, 0.15) is 29.3 Å². The van der Waals surface area contributed by atoms with Crippen LogP contribution in [0.15, 0.2) is 17.0 Å². The molecule has 0 aromatic heterocycles. The number of sulfonamides is 1. The minimum atomic E-state index is -3.90. The Morgan fingerprint density at radius 2 is 2.10 bits per heavy atom. The Morgan fingerprint density at radius 1 is 1.50 bits per heavy atom. The van der Waals surface area contributed by atoms with Crippen LogP contribution in [0, 0.1) is 18.8 Å². The van der Waals surface area contributed by atoms with E-state index in [-0.39, 0.29) is 21.4 Å². The normalized spacial score (nSPS) is 21.6. The number of halogens is 1. The standard InChI is InChI=1S/C13H17ClN2O3S/c1-7-3-9(7)6-16-13(17)11-4-10(14)5-12(8(11)2)20(15,18)19/h4-5,7,9H,3,6H2,1-2H3,(H,16,17)(H2,15,18,19). The Bertz CT molecular complexity index is 658. The number of hydrogen-bond acceptors (Lipinski definition) is 3. The molecule has 2 rings (SSSR count). The first-order chi connectivity index (χ1) is 9.20. The molecule has 0 radical (unpaired) electrons. The number of hydrogen-bond donors (Lipinski definition) is 2. The molecule has 1 aromatic rings. The molecule has 7 heteroatoms. The van der Waals surface area contributed by atoms with Gasteiger partial charge in [-0.2, -0.15) is 0 Å². The van der Waals surface area contributed by atoms with E-state index in [1.54, 1.807) is 6.92 Å². The van der Waals surface area contributed by atoms with Gasteiger partial charge in [0.2, 0.25) is 10.0 Å². The van der Waals surface area contributed by atoms with Crippen molar-refractivity contribution in [1.29, 1.82) is 0 Å². The van der Waals surface area contributed by atoms with Gasteiger partial charge < -0.3 is 5.32 Å². The van der Waals surface area contributed by atoms with E-state index in [2.05, 4.69) is 12.2 Å². The zero-order valence-corrected chi connectivity index (χ0v) is 12.9. The predicted molar refractivity (Wildman–Crippen MR) is 77.2 cm³/mol. The van der Waals surface area contributed by atoms with Gasteiger partial charge >= 0.3 is 0 Å². The number of carbonyl (C=O) groups is 1. The van der Waals surface area contributed by atoms with Crippen molar-refractivity contribution in [2.75, 3.05) is 6.54 Å². The van der Waals surface area contributed by atoms with E-state index in [1.807, 2.05) is 0 Å². The summed E-state index contributed by atoms with van der Waals surface area (Å²) in [4.78, 5) is 12.0. The molecule has 1 saturated carbocycles. The van der Waals surface area contributed by atoms with Crippen molar-refractivity contribution in [2.45, 2.75) is 25.2 Å². The first-order valence-corrected chi connectivity index (χ1v) is 8.23. The highest BCUT2D eigenvalue weighted by atomic mass is 35.5. The summed E-state index contributed by atoms with van der Waals surface area (Å²) in [5.74, 6) is 0.820. The number of amides is 1. The van der Waals surface area contributed by atoms with Crippen LogP contribution in [-0.2, 0) is 10.0 Å². The molecule has 0 bridgehead atoms. The van der Waals surface area contributed by atoms with Crippen LogP contribution >= 0.6 is 11.6 Å². The lowest BCUT2D eigenvalue weighted by Gasteiger charge is -2.11. The lowest BCUT2D eigenvalue weighted by Crippen LogP contribution is -2.27. The number of primary sulfonamides is 1. The van der Waals surface area contributed by atoms with E-state index in [1.165, 1.54) is 12.1 Å². The molecule has 0 aliphatic heterocycles. The number of benzene rings is 1. The van der Waals surface area contributed by atoms with Crippen molar-refractivity contribution in [3.8, 4) is 0 Å². The maximum absolute atomic E-state index is 12.1. The maximum Gasteiger partial charge on any atom is 0.251 e. The molecule has 0 spiro atoms. The van der Waals surface area contributed by atoms with E-state index in [0.717, 1.165) is 6.42 Å². The average molecular weight is 317 g/mol. The third-order valence-electron chi connectivity index (χ3n) is 3.68. The van der Waals surface area contributed by atoms with Crippen LogP contribution in [0.25, 0.3) is 0 Å². The van der Waals surface area contributed by atoms with Crippen LogP contribution in [0.3, 0.4) is 0 Å². The highest BCUT2D eigenvalue weighted by molar-refractivity contribution is 7.89. The average Bonchev–Trinajstić information content (AvgIpc) is 3.03. The number of rotatable bonds is 4. The molecule has 1 fully saturated rings. The zero-order valence-electron chi connectivity index (χ0n) is 11.3. The van der Waals surface area contributed by atoms with Gasteiger partial charge in [-0.25, -0.2) is 13.6 Å². The van der Waals surface area contributed by atoms with Gasteiger partial charge in [-0.15, -0.1) is 0 Å². The largest absolute Gasteiger partial charge is 0.352 e. The minimum Gasteiger partial charge on any atom is -0.352 e. The van der Waals surface area contributed by atoms with Crippen molar-refractivity contribution in [2.24, 2.45) is 17.0 Å². The second kappa shape index (κ2) is 5.35. The fourth-order valence-corrected chi connectivity index (χ4v) is 3.30. The summed E-state index contributed by atoms with van der Waals surface area (Å²) in [6.45, 7) is 4.27. The van der Waals surface area contributed by atoms with Crippen molar-refractivity contribution < 1.29 is 13.2 Å². The van der Waals surface area contributed by atoms with Gasteiger partial charge in [0.15, 0.2) is 0 Å². The molecular formula is C13H17ClN2O3S. The second-order valence-electron chi connectivity index (χ2n) is 5.30. The molecule has 3 N–H and O–H groups in total. The summed E-state index contributed by atoms with van der Waals surface area (Å²) < 4.78 is 23.0. The number of carbonyl (C=O) groups excluding carboxylic acids is 1. The molecule has 1 amide bonds. The smallest absolute Gasteiger partial charge is 0.251 e. The van der Waals surface area contributed by atoms with Crippen molar-refractivity contribution in [3.05, 3.63) is 28.3 Å². The van der Waals surface area contributed by atoms with Gasteiger partial charge in [-0.3, -0.25) is 4.79 Å². The van der Waals surface area contributed by atoms with E-state index >= 15 is 0 Å². The fraction of sp³-hybridized carbons (Fsp3) is 0.462. The monoisotopic (exact) mass is 316 g/mol. The molecule has 20 heavy (non-hydrogen) atoms. The summed E-state index contributed by atoms with van der Waals surface area (Å²) in [6, 6.07) is 2.71. The van der Waals surface area contributed by atoms with E-state index < -0.39 is 10.0 Å². The summed E-state index contributed by atoms with van der Waals surface area (Å²) in [6.07, 6.45) is 1.11. The van der Waals surface area contributed by atoms with E-state index in [9.17, 15) is 13.2 Å². The van der Waals surface area contributed by atoms with Gasteiger partial charge in [0.05, 0.1) is 4.90 Å². The Labute approximate surface area is 123 Å². The highest BCUT2D eigenvalue weighted by Gasteiger charge is 2.32. The van der Waals surface area contributed by atoms with E-state index in [0.29, 0.717) is 23.9 Å². The lowest BCUT2D eigenvalue weighted by molar-refractivity contribution is 0.0950. The molecule has 1 aliphatic rings. The van der Waals surface area contributed by atoms with Gasteiger partial charge in [-0.1, -0.05) is 18.5 Å². The summed E-state index contributed by atoms with van der Waals surface area (Å²) >= 11 is 5.87. The second-order valence-corrected chi connectivity index (χ2v) is 7.27. The van der Waals surface area contributed by atoms with Crippen LogP contribution in [-0.4, -0.2) is 20.9 Å². The minimum absolute atomic E-state index is 0.116. The molecule has 5 nitrogen and oxygen atoms in total. The lowest BCUT2D eigenvalue weighted by atomic mass is 10.1. The van der Waals surface area contributed by atoms with Crippen LogP contribution < -0.4 is 10.5 Å². The Balaban J connectivity index is 2.26. The van der Waals surface area contributed by atoms with Crippen LogP contribution in [0.2, 0.25) is 5.02 Å². The molecule has 1 aromatic carbocycles. The summed E-state index contributed by atoms with van der Waals surface area (Å²) in [7, 11) is -3.90. The summed E-state index contributed by atoms with van der Waals surface area (Å²) in [5.41, 5.74) is 0.563. The Kier molecular flexibility index (Phi) is 4.09. The quantitative estimate of drug-likeness (QED) is 0.885. The molecule has 0 saturated heterocycles. The van der Waals surface area contributed by atoms with Gasteiger partial charge in [0, 0.05) is 17.1 Å². The first kappa shape index (κ1) is 15.3. The third kappa shape index (κ3) is 3.31. The molecule has 2 atom stereocenters. The van der Waals surface area contributed by atoms with Crippen LogP contribution in [0.4, 0.5) is 0 Å². The number of nitrogens with one attached hydrogen (secondary N) is 1. The predicted octanol–water partition coefficient (Wildman–Crippen LogP) is 1.68. The Hall–Kier alpha value is -1.11. The van der Waals surface area contributed by atoms with Gasteiger partial charge in [0.25, 0.3) is 5.91 Å². The van der Waals surface area contributed by atoms with Crippen molar-refractivity contribution in [1.82, 2.24) is 5.32 Å². The molecule has 1 aliphatic carbocycles. The maximum atomic E-state index is 12.1. The topological polar surface area (TPSA) is 89.3 Å². The van der Waals surface area contributed by atoms with Gasteiger partial charge in [0.1, 0.15) is 0 Å². The van der Waals surface area contributed by atoms with Crippen LogP contribution in [0.5, 0.6) is 0 Å². The molecular weight excluding hydrogens is 300 g/mol. The molecule has 0 heterocycles. The third-order valence-corrected chi connectivity index (χ3v) is 4.93. The highest BCUT2D eigenvalue weighted by Crippen LogP contribution is 2.36. The SMILES string of the molecule is Cc1c(C(=O)NCC2CC2C)cc(Cl)cc1S(N)(=O)=O. The van der Waals surface area contributed by atoms with Crippen molar-refractivity contribution in [3.63, 3.8) is 0 Å². The Morgan fingerprint density at radius 3 is 2.60 bits per heavy atom. The van der Waals surface area contributed by atoms with Gasteiger partial charge in [-0.05, 0) is 42.9 Å². The zero-order chi connectivity index (χ0) is 15.1. The molecule has 110 valence electrons. The summed E-state index contributed by atoms with van der Waals surface area (Å²) in [5, 5.41) is 8.10. The fourth-order valence-electron chi connectivity index (χ4n) is 2.19. The number of nitrogens with two attached hydrogens (primary N) is 1. The first-order valence-electron chi connectivity index (χ1n) is 6.31.